The van der Waals surface area contributed by atoms with Crippen molar-refractivity contribution in [1.82, 2.24) is 4.90 Å². The van der Waals surface area contributed by atoms with Crippen molar-refractivity contribution in [3.8, 4) is 5.75 Å². The van der Waals surface area contributed by atoms with Crippen LogP contribution in [0.3, 0.4) is 0 Å². The molecule has 1 N–H and O–H groups in total. The van der Waals surface area contributed by atoms with Crippen LogP contribution in [-0.2, 0) is 11.2 Å². The van der Waals surface area contributed by atoms with Gasteiger partial charge in [-0.05, 0) is 36.4 Å². The highest BCUT2D eigenvalue weighted by Gasteiger charge is 2.19. The fourth-order valence-electron chi connectivity index (χ4n) is 3.36. The van der Waals surface area contributed by atoms with Crippen molar-refractivity contribution < 1.29 is 13.9 Å². The van der Waals surface area contributed by atoms with Gasteiger partial charge < -0.3 is 19.9 Å². The number of amides is 1. The van der Waals surface area contributed by atoms with Crippen molar-refractivity contribution in [2.45, 2.75) is 13.3 Å². The van der Waals surface area contributed by atoms with Gasteiger partial charge in [-0.15, -0.1) is 0 Å². The third kappa shape index (κ3) is 4.77. The van der Waals surface area contributed by atoms with E-state index in [2.05, 4.69) is 22.0 Å². The monoisotopic (exact) mass is 371 g/mol. The van der Waals surface area contributed by atoms with E-state index in [1.54, 1.807) is 12.1 Å². The van der Waals surface area contributed by atoms with Crippen LogP contribution < -0.4 is 15.0 Å². The van der Waals surface area contributed by atoms with Crippen molar-refractivity contribution in [1.29, 1.82) is 0 Å². The van der Waals surface area contributed by atoms with Gasteiger partial charge in [0.1, 0.15) is 0 Å². The van der Waals surface area contributed by atoms with Gasteiger partial charge in [-0.3, -0.25) is 4.79 Å². The summed E-state index contributed by atoms with van der Waals surface area (Å²) in [5.41, 5.74) is 2.43. The van der Waals surface area contributed by atoms with Crippen molar-refractivity contribution >= 4 is 17.3 Å². The van der Waals surface area contributed by atoms with E-state index >= 15 is 0 Å². The molecule has 5 nitrogen and oxygen atoms in total. The predicted molar refractivity (Wildman–Crippen MR) is 106 cm³/mol. The van der Waals surface area contributed by atoms with E-state index in [1.165, 1.54) is 13.2 Å². The van der Waals surface area contributed by atoms with Crippen LogP contribution in [0.15, 0.2) is 42.5 Å². The Bertz CT molecular complexity index is 789. The van der Waals surface area contributed by atoms with Crippen LogP contribution >= 0.6 is 0 Å². The van der Waals surface area contributed by atoms with E-state index in [9.17, 15) is 9.18 Å². The zero-order valence-electron chi connectivity index (χ0n) is 15.9. The molecule has 1 fully saturated rings. The van der Waals surface area contributed by atoms with Gasteiger partial charge in [-0.1, -0.05) is 25.1 Å². The number of nitrogens with zero attached hydrogens (tertiary/aromatic N) is 2. The molecule has 0 spiro atoms. The largest absolute Gasteiger partial charge is 0.494 e. The van der Waals surface area contributed by atoms with Crippen molar-refractivity contribution in [2.24, 2.45) is 0 Å². The SMILES string of the molecule is CCN1CCN(c2ccccc2NC(=O)Cc2ccc(OC)c(F)c2)CC1. The molecule has 0 radical (unpaired) electrons. The van der Waals surface area contributed by atoms with Gasteiger partial charge in [0.2, 0.25) is 5.91 Å². The van der Waals surface area contributed by atoms with E-state index in [4.69, 9.17) is 4.74 Å². The molecule has 3 rings (SSSR count). The summed E-state index contributed by atoms with van der Waals surface area (Å²) in [5.74, 6) is -0.452. The third-order valence-corrected chi connectivity index (χ3v) is 4.92. The first kappa shape index (κ1) is 19.2. The molecule has 1 amide bonds. The Morgan fingerprint density at radius 2 is 1.89 bits per heavy atom. The van der Waals surface area contributed by atoms with Crippen LogP contribution in [0.5, 0.6) is 5.75 Å². The average Bonchev–Trinajstić information content (AvgIpc) is 2.68. The van der Waals surface area contributed by atoms with Crippen LogP contribution in [0.4, 0.5) is 15.8 Å². The number of para-hydroxylation sites is 2. The molecular formula is C21H26FN3O2. The molecule has 0 bridgehead atoms. The molecule has 1 aliphatic heterocycles. The number of ether oxygens (including phenoxy) is 1. The summed E-state index contributed by atoms with van der Waals surface area (Å²) in [6.45, 7) is 7.14. The summed E-state index contributed by atoms with van der Waals surface area (Å²) in [6, 6.07) is 12.4. The fraction of sp³-hybridized carbons (Fsp3) is 0.381. The molecule has 1 heterocycles. The Labute approximate surface area is 159 Å². The molecule has 0 aromatic heterocycles. The van der Waals surface area contributed by atoms with E-state index in [1.807, 2.05) is 24.3 Å². The first-order chi connectivity index (χ1) is 13.1. The molecule has 0 saturated carbocycles. The smallest absolute Gasteiger partial charge is 0.228 e. The number of methoxy groups -OCH3 is 1. The average molecular weight is 371 g/mol. The fourth-order valence-corrected chi connectivity index (χ4v) is 3.36. The number of piperazine rings is 1. The molecule has 2 aromatic rings. The minimum absolute atomic E-state index is 0.110. The lowest BCUT2D eigenvalue weighted by Gasteiger charge is -2.36. The minimum atomic E-state index is -0.461. The predicted octanol–water partition coefficient (Wildman–Crippen LogP) is 3.16. The van der Waals surface area contributed by atoms with Crippen LogP contribution in [0.1, 0.15) is 12.5 Å². The highest BCUT2D eigenvalue weighted by molar-refractivity contribution is 5.95. The maximum atomic E-state index is 13.8. The number of nitrogens with one attached hydrogen (secondary N) is 1. The lowest BCUT2D eigenvalue weighted by Crippen LogP contribution is -2.46. The molecule has 2 aromatic carbocycles. The van der Waals surface area contributed by atoms with Crippen LogP contribution in [0.25, 0.3) is 0 Å². The molecule has 0 aliphatic carbocycles. The number of halogens is 1. The van der Waals surface area contributed by atoms with Gasteiger partial charge in [0.25, 0.3) is 0 Å². The lowest BCUT2D eigenvalue weighted by molar-refractivity contribution is -0.115. The van der Waals surface area contributed by atoms with Crippen molar-refractivity contribution in [3.05, 3.63) is 53.8 Å². The molecule has 0 atom stereocenters. The molecule has 144 valence electrons. The number of hydrogen-bond donors (Lipinski definition) is 1. The van der Waals surface area contributed by atoms with Crippen LogP contribution in [0.2, 0.25) is 0 Å². The van der Waals surface area contributed by atoms with Gasteiger partial charge in [-0.2, -0.15) is 0 Å². The summed E-state index contributed by atoms with van der Waals surface area (Å²) in [5, 5.41) is 2.98. The summed E-state index contributed by atoms with van der Waals surface area (Å²) >= 11 is 0. The van der Waals surface area contributed by atoms with Gasteiger partial charge >= 0.3 is 0 Å². The summed E-state index contributed by atoms with van der Waals surface area (Å²) in [4.78, 5) is 17.2. The van der Waals surface area contributed by atoms with Gasteiger partial charge in [-0.25, -0.2) is 4.39 Å². The maximum Gasteiger partial charge on any atom is 0.228 e. The number of anilines is 2. The number of rotatable bonds is 6. The molecule has 6 heteroatoms. The second-order valence-electron chi connectivity index (χ2n) is 6.63. The number of carbonyl (C=O) groups excluding carboxylic acids is 1. The summed E-state index contributed by atoms with van der Waals surface area (Å²) in [7, 11) is 1.42. The quantitative estimate of drug-likeness (QED) is 0.847. The molecular weight excluding hydrogens is 345 g/mol. The van der Waals surface area contributed by atoms with Crippen molar-refractivity contribution in [2.75, 3.05) is 50.1 Å². The summed E-state index contributed by atoms with van der Waals surface area (Å²) in [6.07, 6.45) is 0.110. The van der Waals surface area contributed by atoms with Crippen molar-refractivity contribution in [3.63, 3.8) is 0 Å². The Morgan fingerprint density at radius 3 is 2.56 bits per heavy atom. The highest BCUT2D eigenvalue weighted by Crippen LogP contribution is 2.27. The molecule has 27 heavy (non-hydrogen) atoms. The number of carbonyl (C=O) groups is 1. The standard InChI is InChI=1S/C21H26FN3O2/c1-3-24-10-12-25(13-11-24)19-7-5-4-6-18(19)23-21(26)15-16-8-9-20(27-2)17(22)14-16/h4-9,14H,3,10-13,15H2,1-2H3,(H,23,26). The third-order valence-electron chi connectivity index (χ3n) is 4.92. The van der Waals surface area contributed by atoms with Gasteiger partial charge in [0.15, 0.2) is 11.6 Å². The molecule has 0 unspecified atom stereocenters. The lowest BCUT2D eigenvalue weighted by atomic mass is 10.1. The Hall–Kier alpha value is -2.60. The van der Waals surface area contributed by atoms with E-state index in [-0.39, 0.29) is 18.1 Å². The molecule has 1 saturated heterocycles. The molecule has 1 aliphatic rings. The maximum absolute atomic E-state index is 13.8. The second-order valence-corrected chi connectivity index (χ2v) is 6.63. The topological polar surface area (TPSA) is 44.8 Å². The first-order valence-electron chi connectivity index (χ1n) is 9.29. The Kier molecular flexibility index (Phi) is 6.29. The first-order valence-corrected chi connectivity index (χ1v) is 9.29. The van der Waals surface area contributed by atoms with Gasteiger partial charge in [0, 0.05) is 26.2 Å². The van der Waals surface area contributed by atoms with E-state index in [0.29, 0.717) is 5.56 Å². The zero-order valence-corrected chi connectivity index (χ0v) is 15.9. The second kappa shape index (κ2) is 8.86. The minimum Gasteiger partial charge on any atom is -0.494 e. The van der Waals surface area contributed by atoms with Crippen LogP contribution in [0, 0.1) is 5.82 Å². The van der Waals surface area contributed by atoms with E-state index < -0.39 is 5.82 Å². The zero-order chi connectivity index (χ0) is 19.2. The Balaban J connectivity index is 1.67. The van der Waals surface area contributed by atoms with Crippen LogP contribution in [-0.4, -0.2) is 50.6 Å². The number of hydrogen-bond acceptors (Lipinski definition) is 4. The highest BCUT2D eigenvalue weighted by atomic mass is 19.1. The Morgan fingerprint density at radius 1 is 1.15 bits per heavy atom. The normalized spacial score (nSPS) is 14.9. The summed E-state index contributed by atoms with van der Waals surface area (Å²) < 4.78 is 18.7. The number of likely N-dealkylation sites (N-methyl/N-ethyl adjacent to an activating group) is 1. The number of benzene rings is 2. The van der Waals surface area contributed by atoms with E-state index in [0.717, 1.165) is 44.1 Å². The van der Waals surface area contributed by atoms with Gasteiger partial charge in [0.05, 0.1) is 24.9 Å².